The van der Waals surface area contributed by atoms with Crippen LogP contribution >= 0.6 is 11.8 Å². The molecule has 0 spiro atoms. The van der Waals surface area contributed by atoms with Gasteiger partial charge in [0.25, 0.3) is 0 Å². The summed E-state index contributed by atoms with van der Waals surface area (Å²) in [7, 11) is 1.65. The first kappa shape index (κ1) is 16.8. The van der Waals surface area contributed by atoms with Gasteiger partial charge in [0.1, 0.15) is 11.6 Å². The number of carbonyl (C=O) groups excluding carboxylic acids is 1. The van der Waals surface area contributed by atoms with E-state index in [0.29, 0.717) is 17.6 Å². The van der Waals surface area contributed by atoms with Crippen molar-refractivity contribution in [2.45, 2.75) is 42.5 Å². The van der Waals surface area contributed by atoms with E-state index in [4.69, 9.17) is 4.74 Å². The van der Waals surface area contributed by atoms with Crippen molar-refractivity contribution < 1.29 is 9.53 Å². The van der Waals surface area contributed by atoms with E-state index in [9.17, 15) is 4.79 Å². The van der Waals surface area contributed by atoms with Gasteiger partial charge in [-0.25, -0.2) is 4.98 Å². The third-order valence-corrected chi connectivity index (χ3v) is 4.93. The number of aromatic nitrogens is 3. The van der Waals surface area contributed by atoms with Gasteiger partial charge in [-0.05, 0) is 43.9 Å². The van der Waals surface area contributed by atoms with Crippen LogP contribution in [-0.2, 0) is 11.2 Å². The number of amides is 1. The molecule has 1 saturated carbocycles. The summed E-state index contributed by atoms with van der Waals surface area (Å²) in [5.74, 6) is 2.33. The number of ether oxygens (including phenoxy) is 1. The van der Waals surface area contributed by atoms with Gasteiger partial charge in [-0.2, -0.15) is 0 Å². The van der Waals surface area contributed by atoms with Gasteiger partial charge in [-0.15, -0.1) is 5.10 Å². The molecule has 0 saturated heterocycles. The first-order valence-electron chi connectivity index (χ1n) is 8.15. The van der Waals surface area contributed by atoms with Crippen molar-refractivity contribution in [1.82, 2.24) is 20.5 Å². The van der Waals surface area contributed by atoms with Gasteiger partial charge >= 0.3 is 0 Å². The summed E-state index contributed by atoms with van der Waals surface area (Å²) in [6.45, 7) is 2.48. The maximum atomic E-state index is 12.2. The van der Waals surface area contributed by atoms with E-state index in [1.807, 2.05) is 31.2 Å². The summed E-state index contributed by atoms with van der Waals surface area (Å²) in [4.78, 5) is 16.6. The maximum Gasteiger partial charge on any atom is 0.233 e. The standard InChI is InChI=1S/C17H22N4O2S/c1-11(24-17-19-15(20-21-17)13-5-6-13)16(22)18-10-9-12-3-7-14(23-2)8-4-12/h3-4,7-8,11,13H,5-6,9-10H2,1-2H3,(H,18,22)(H,19,20,21). The van der Waals surface area contributed by atoms with Crippen molar-refractivity contribution >= 4 is 17.7 Å². The highest BCUT2D eigenvalue weighted by atomic mass is 32.2. The van der Waals surface area contributed by atoms with E-state index in [1.54, 1.807) is 7.11 Å². The molecule has 1 aromatic heterocycles. The van der Waals surface area contributed by atoms with Crippen LogP contribution in [0.25, 0.3) is 0 Å². The molecule has 0 aliphatic heterocycles. The van der Waals surface area contributed by atoms with Crippen molar-refractivity contribution in [3.05, 3.63) is 35.7 Å². The Labute approximate surface area is 145 Å². The molecule has 2 aromatic rings. The normalized spacial score (nSPS) is 15.1. The zero-order valence-electron chi connectivity index (χ0n) is 13.9. The van der Waals surface area contributed by atoms with Crippen molar-refractivity contribution in [1.29, 1.82) is 0 Å². The highest BCUT2D eigenvalue weighted by Gasteiger charge is 2.27. The molecule has 6 nitrogen and oxygen atoms in total. The lowest BCUT2D eigenvalue weighted by Crippen LogP contribution is -2.32. The van der Waals surface area contributed by atoms with Gasteiger partial charge in [-0.3, -0.25) is 9.89 Å². The lowest BCUT2D eigenvalue weighted by Gasteiger charge is -2.10. The molecule has 1 aromatic carbocycles. The molecule has 7 heteroatoms. The Bertz CT molecular complexity index is 682. The van der Waals surface area contributed by atoms with E-state index in [-0.39, 0.29) is 11.2 Å². The Kier molecular flexibility index (Phi) is 5.40. The number of hydrogen-bond acceptors (Lipinski definition) is 5. The van der Waals surface area contributed by atoms with Crippen molar-refractivity contribution in [2.24, 2.45) is 0 Å². The number of hydrogen-bond donors (Lipinski definition) is 2. The summed E-state index contributed by atoms with van der Waals surface area (Å²) >= 11 is 1.39. The lowest BCUT2D eigenvalue weighted by molar-refractivity contribution is -0.120. The molecular weight excluding hydrogens is 324 g/mol. The molecule has 1 aliphatic carbocycles. The minimum atomic E-state index is -0.219. The SMILES string of the molecule is COc1ccc(CCNC(=O)C(C)Sc2n[nH]c(C3CC3)n2)cc1. The van der Waals surface area contributed by atoms with Crippen LogP contribution in [0.4, 0.5) is 0 Å². The second-order valence-electron chi connectivity index (χ2n) is 5.93. The van der Waals surface area contributed by atoms with Crippen LogP contribution in [-0.4, -0.2) is 40.0 Å². The number of H-pyrrole nitrogens is 1. The number of benzene rings is 1. The topological polar surface area (TPSA) is 79.9 Å². The highest BCUT2D eigenvalue weighted by Crippen LogP contribution is 2.38. The maximum absolute atomic E-state index is 12.2. The first-order chi connectivity index (χ1) is 11.7. The average molecular weight is 346 g/mol. The molecule has 1 amide bonds. The average Bonchev–Trinajstić information content (AvgIpc) is 3.35. The predicted octanol–water partition coefficient (Wildman–Crippen LogP) is 2.53. The summed E-state index contributed by atoms with van der Waals surface area (Å²) in [6.07, 6.45) is 3.15. The molecule has 24 heavy (non-hydrogen) atoms. The summed E-state index contributed by atoms with van der Waals surface area (Å²) in [6, 6.07) is 7.87. The van der Waals surface area contributed by atoms with Gasteiger partial charge in [-0.1, -0.05) is 23.9 Å². The molecule has 0 radical (unpaired) electrons. The second kappa shape index (κ2) is 7.70. The van der Waals surface area contributed by atoms with Gasteiger partial charge in [0, 0.05) is 12.5 Å². The van der Waals surface area contributed by atoms with Crippen molar-refractivity contribution in [3.8, 4) is 5.75 Å². The largest absolute Gasteiger partial charge is 0.497 e. The van der Waals surface area contributed by atoms with Crippen LogP contribution < -0.4 is 10.1 Å². The van der Waals surface area contributed by atoms with E-state index in [2.05, 4.69) is 20.5 Å². The lowest BCUT2D eigenvalue weighted by atomic mass is 10.1. The smallest absolute Gasteiger partial charge is 0.233 e. The Morgan fingerprint density at radius 2 is 2.17 bits per heavy atom. The monoisotopic (exact) mass is 346 g/mol. The van der Waals surface area contributed by atoms with Crippen LogP contribution in [0.5, 0.6) is 5.75 Å². The Hall–Kier alpha value is -2.02. The molecule has 2 N–H and O–H groups in total. The summed E-state index contributed by atoms with van der Waals surface area (Å²) in [5, 5.41) is 10.5. The molecule has 128 valence electrons. The van der Waals surface area contributed by atoms with E-state index < -0.39 is 0 Å². The van der Waals surface area contributed by atoms with Crippen LogP contribution in [0.3, 0.4) is 0 Å². The molecule has 3 rings (SSSR count). The number of nitrogens with one attached hydrogen (secondary N) is 2. The van der Waals surface area contributed by atoms with E-state index in [1.165, 1.54) is 30.2 Å². The second-order valence-corrected chi connectivity index (χ2v) is 7.23. The van der Waals surface area contributed by atoms with E-state index >= 15 is 0 Å². The number of carbonyl (C=O) groups is 1. The minimum absolute atomic E-state index is 0.00582. The van der Waals surface area contributed by atoms with Crippen LogP contribution in [0.1, 0.15) is 37.1 Å². The fourth-order valence-electron chi connectivity index (χ4n) is 2.33. The number of rotatable bonds is 8. The van der Waals surface area contributed by atoms with Crippen LogP contribution in [0.2, 0.25) is 0 Å². The Balaban J connectivity index is 1.41. The van der Waals surface area contributed by atoms with Gasteiger partial charge < -0.3 is 10.1 Å². The highest BCUT2D eigenvalue weighted by molar-refractivity contribution is 8.00. The molecule has 1 aliphatic rings. The molecule has 1 heterocycles. The fraction of sp³-hybridized carbons (Fsp3) is 0.471. The Morgan fingerprint density at radius 3 is 2.83 bits per heavy atom. The van der Waals surface area contributed by atoms with Gasteiger partial charge in [0.2, 0.25) is 11.1 Å². The van der Waals surface area contributed by atoms with E-state index in [0.717, 1.165) is 18.0 Å². The van der Waals surface area contributed by atoms with Gasteiger partial charge in [0.05, 0.1) is 12.4 Å². The molecule has 1 atom stereocenters. The van der Waals surface area contributed by atoms with Crippen LogP contribution in [0, 0.1) is 0 Å². The molecule has 1 fully saturated rings. The third kappa shape index (κ3) is 4.50. The molecule has 0 bridgehead atoms. The zero-order chi connectivity index (χ0) is 16.9. The minimum Gasteiger partial charge on any atom is -0.497 e. The summed E-state index contributed by atoms with van der Waals surface area (Å²) in [5.41, 5.74) is 1.17. The van der Waals surface area contributed by atoms with Crippen molar-refractivity contribution in [2.75, 3.05) is 13.7 Å². The quantitative estimate of drug-likeness (QED) is 0.718. The number of aromatic amines is 1. The number of thioether (sulfide) groups is 1. The number of nitrogens with zero attached hydrogens (tertiary/aromatic N) is 2. The number of methoxy groups -OCH3 is 1. The molecular formula is C17H22N4O2S. The first-order valence-corrected chi connectivity index (χ1v) is 9.03. The van der Waals surface area contributed by atoms with Crippen LogP contribution in [0.15, 0.2) is 29.4 Å². The third-order valence-electron chi connectivity index (χ3n) is 3.97. The van der Waals surface area contributed by atoms with Gasteiger partial charge in [0.15, 0.2) is 0 Å². The summed E-state index contributed by atoms with van der Waals surface area (Å²) < 4.78 is 5.13. The Morgan fingerprint density at radius 1 is 1.42 bits per heavy atom. The predicted molar refractivity (Wildman–Crippen MR) is 93.4 cm³/mol. The van der Waals surface area contributed by atoms with Crippen molar-refractivity contribution in [3.63, 3.8) is 0 Å². The molecule has 1 unspecified atom stereocenters. The zero-order valence-corrected chi connectivity index (χ0v) is 14.7. The fourth-order valence-corrected chi connectivity index (χ4v) is 3.08.